The minimum Gasteiger partial charge on any atom is -0.490 e. The predicted molar refractivity (Wildman–Crippen MR) is 71.2 cm³/mol. The third-order valence-electron chi connectivity index (χ3n) is 2.80. The van der Waals surface area contributed by atoms with Crippen LogP contribution in [0, 0.1) is 0 Å². The van der Waals surface area contributed by atoms with Gasteiger partial charge in [-0.1, -0.05) is 6.07 Å². The summed E-state index contributed by atoms with van der Waals surface area (Å²) in [6.45, 7) is 1.95. The maximum atomic E-state index is 11.6. The minimum atomic E-state index is -1.12. The van der Waals surface area contributed by atoms with Crippen molar-refractivity contribution in [2.45, 2.75) is 25.8 Å². The van der Waals surface area contributed by atoms with E-state index in [9.17, 15) is 9.59 Å². The largest absolute Gasteiger partial charge is 0.490 e. The number of ether oxygens (including phenoxy) is 2. The first-order chi connectivity index (χ1) is 9.61. The van der Waals surface area contributed by atoms with E-state index in [0.29, 0.717) is 12.4 Å². The lowest BCUT2D eigenvalue weighted by atomic mass is 10.2. The number of hydrogen-bond donors (Lipinski definition) is 2. The van der Waals surface area contributed by atoms with Gasteiger partial charge in [-0.2, -0.15) is 0 Å². The smallest absolute Gasteiger partial charge is 0.339 e. The fourth-order valence-corrected chi connectivity index (χ4v) is 1.74. The summed E-state index contributed by atoms with van der Waals surface area (Å²) in [5, 5.41) is 11.9. The standard InChI is InChI=1S/C14H17NO5/c1-2-19-11-5-3-4-10(14(17)18)13(11)20-8-12(16)15-9-6-7-9/h3-5,9H,2,6-8H2,1H3,(H,15,16)(H,17,18). The van der Waals surface area contributed by atoms with Crippen molar-refractivity contribution in [2.24, 2.45) is 0 Å². The molecular formula is C14H17NO5. The van der Waals surface area contributed by atoms with Gasteiger partial charge in [0, 0.05) is 6.04 Å². The number of hydrogen-bond acceptors (Lipinski definition) is 4. The molecule has 108 valence electrons. The lowest BCUT2D eigenvalue weighted by molar-refractivity contribution is -0.123. The highest BCUT2D eigenvalue weighted by Crippen LogP contribution is 2.31. The van der Waals surface area contributed by atoms with Crippen LogP contribution in [0.3, 0.4) is 0 Å². The third kappa shape index (κ3) is 3.63. The van der Waals surface area contributed by atoms with Crippen LogP contribution in [-0.4, -0.2) is 36.2 Å². The van der Waals surface area contributed by atoms with E-state index < -0.39 is 5.97 Å². The van der Waals surface area contributed by atoms with Crippen molar-refractivity contribution in [3.63, 3.8) is 0 Å². The number of aromatic carboxylic acids is 1. The van der Waals surface area contributed by atoms with Crippen LogP contribution in [0.4, 0.5) is 0 Å². The second-order valence-electron chi connectivity index (χ2n) is 4.50. The Labute approximate surface area is 116 Å². The summed E-state index contributed by atoms with van der Waals surface area (Å²) in [5.74, 6) is -0.960. The molecule has 0 heterocycles. The first-order valence-corrected chi connectivity index (χ1v) is 6.53. The normalized spacial score (nSPS) is 13.7. The Morgan fingerprint density at radius 3 is 2.70 bits per heavy atom. The molecule has 1 fully saturated rings. The number of amides is 1. The minimum absolute atomic E-state index is 0.0184. The van der Waals surface area contributed by atoms with Crippen LogP contribution in [0.1, 0.15) is 30.1 Å². The van der Waals surface area contributed by atoms with Gasteiger partial charge in [-0.05, 0) is 31.9 Å². The van der Waals surface area contributed by atoms with Gasteiger partial charge < -0.3 is 19.9 Å². The van der Waals surface area contributed by atoms with E-state index in [-0.39, 0.29) is 29.9 Å². The molecule has 0 saturated heterocycles. The summed E-state index contributed by atoms with van der Waals surface area (Å²) >= 11 is 0. The number of rotatable bonds is 7. The second-order valence-corrected chi connectivity index (χ2v) is 4.50. The van der Waals surface area contributed by atoms with E-state index in [1.165, 1.54) is 6.07 Å². The van der Waals surface area contributed by atoms with Crippen molar-refractivity contribution < 1.29 is 24.2 Å². The Kier molecular flexibility index (Phi) is 4.45. The van der Waals surface area contributed by atoms with Gasteiger partial charge in [0.25, 0.3) is 5.91 Å². The van der Waals surface area contributed by atoms with Gasteiger partial charge in [0.1, 0.15) is 5.56 Å². The van der Waals surface area contributed by atoms with Gasteiger partial charge in [-0.25, -0.2) is 4.79 Å². The van der Waals surface area contributed by atoms with Crippen LogP contribution in [-0.2, 0) is 4.79 Å². The van der Waals surface area contributed by atoms with Gasteiger partial charge in [0.05, 0.1) is 6.61 Å². The molecule has 6 heteroatoms. The summed E-state index contributed by atoms with van der Waals surface area (Å²) in [4.78, 5) is 22.8. The Morgan fingerprint density at radius 1 is 1.35 bits per heavy atom. The molecule has 1 amide bonds. The van der Waals surface area contributed by atoms with Crippen molar-refractivity contribution in [1.29, 1.82) is 0 Å². The highest BCUT2D eigenvalue weighted by molar-refractivity contribution is 5.92. The molecule has 20 heavy (non-hydrogen) atoms. The molecular weight excluding hydrogens is 262 g/mol. The van der Waals surface area contributed by atoms with E-state index >= 15 is 0 Å². The predicted octanol–water partition coefficient (Wildman–Crippen LogP) is 1.44. The Balaban J connectivity index is 2.09. The Bertz CT molecular complexity index is 510. The van der Waals surface area contributed by atoms with Gasteiger partial charge in [0.15, 0.2) is 18.1 Å². The molecule has 0 aromatic heterocycles. The number of carboxylic acid groups (broad SMARTS) is 1. The number of para-hydroxylation sites is 1. The van der Waals surface area contributed by atoms with Crippen molar-refractivity contribution >= 4 is 11.9 Å². The molecule has 1 aliphatic rings. The maximum Gasteiger partial charge on any atom is 0.339 e. The van der Waals surface area contributed by atoms with E-state index in [1.54, 1.807) is 19.1 Å². The molecule has 0 spiro atoms. The third-order valence-corrected chi connectivity index (χ3v) is 2.80. The number of carbonyl (C=O) groups excluding carboxylic acids is 1. The Hall–Kier alpha value is -2.24. The SMILES string of the molecule is CCOc1cccc(C(=O)O)c1OCC(=O)NC1CC1. The van der Waals surface area contributed by atoms with Gasteiger partial charge >= 0.3 is 5.97 Å². The van der Waals surface area contributed by atoms with Crippen LogP contribution in [0.2, 0.25) is 0 Å². The summed E-state index contributed by atoms with van der Waals surface area (Å²) in [6, 6.07) is 4.85. The molecule has 0 atom stereocenters. The van der Waals surface area contributed by atoms with E-state index in [1.807, 2.05) is 0 Å². The monoisotopic (exact) mass is 279 g/mol. The van der Waals surface area contributed by atoms with E-state index in [0.717, 1.165) is 12.8 Å². The zero-order valence-corrected chi connectivity index (χ0v) is 11.2. The van der Waals surface area contributed by atoms with Gasteiger partial charge in [-0.3, -0.25) is 4.79 Å². The van der Waals surface area contributed by atoms with Crippen LogP contribution < -0.4 is 14.8 Å². The highest BCUT2D eigenvalue weighted by atomic mass is 16.5. The first-order valence-electron chi connectivity index (χ1n) is 6.53. The summed E-state index contributed by atoms with van der Waals surface area (Å²) in [7, 11) is 0. The molecule has 0 radical (unpaired) electrons. The second kappa shape index (κ2) is 6.27. The molecule has 2 rings (SSSR count). The number of nitrogens with one attached hydrogen (secondary N) is 1. The zero-order chi connectivity index (χ0) is 14.5. The molecule has 1 aromatic carbocycles. The lowest BCUT2D eigenvalue weighted by Crippen LogP contribution is -2.30. The molecule has 2 N–H and O–H groups in total. The fraction of sp³-hybridized carbons (Fsp3) is 0.429. The molecule has 0 bridgehead atoms. The molecule has 0 unspecified atom stereocenters. The van der Waals surface area contributed by atoms with Crippen LogP contribution in [0.25, 0.3) is 0 Å². The van der Waals surface area contributed by atoms with Crippen LogP contribution in [0.5, 0.6) is 11.5 Å². The highest BCUT2D eigenvalue weighted by Gasteiger charge is 2.24. The van der Waals surface area contributed by atoms with Gasteiger partial charge in [-0.15, -0.1) is 0 Å². The summed E-state index contributed by atoms with van der Waals surface area (Å²) < 4.78 is 10.7. The number of carboxylic acids is 1. The number of benzene rings is 1. The van der Waals surface area contributed by atoms with Gasteiger partial charge in [0.2, 0.25) is 0 Å². The Morgan fingerprint density at radius 2 is 2.10 bits per heavy atom. The van der Waals surface area contributed by atoms with Crippen molar-refractivity contribution in [2.75, 3.05) is 13.2 Å². The van der Waals surface area contributed by atoms with Crippen molar-refractivity contribution in [1.82, 2.24) is 5.32 Å². The molecule has 1 aromatic rings. The quantitative estimate of drug-likeness (QED) is 0.789. The summed E-state index contributed by atoms with van der Waals surface area (Å²) in [6.07, 6.45) is 1.98. The fourth-order valence-electron chi connectivity index (χ4n) is 1.74. The van der Waals surface area contributed by atoms with E-state index in [4.69, 9.17) is 14.6 Å². The summed E-state index contributed by atoms with van der Waals surface area (Å²) in [5.41, 5.74) is -0.0184. The van der Waals surface area contributed by atoms with E-state index in [2.05, 4.69) is 5.32 Å². The van der Waals surface area contributed by atoms with Crippen LogP contribution in [0.15, 0.2) is 18.2 Å². The first kappa shape index (κ1) is 14.2. The zero-order valence-electron chi connectivity index (χ0n) is 11.2. The molecule has 1 saturated carbocycles. The topological polar surface area (TPSA) is 84.9 Å². The number of carbonyl (C=O) groups is 2. The van der Waals surface area contributed by atoms with Crippen molar-refractivity contribution in [3.05, 3.63) is 23.8 Å². The lowest BCUT2D eigenvalue weighted by Gasteiger charge is -2.13. The molecule has 6 nitrogen and oxygen atoms in total. The average molecular weight is 279 g/mol. The maximum absolute atomic E-state index is 11.6. The van der Waals surface area contributed by atoms with Crippen LogP contribution >= 0.6 is 0 Å². The molecule has 1 aliphatic carbocycles. The average Bonchev–Trinajstić information content (AvgIpc) is 3.21. The molecule has 0 aliphatic heterocycles. The van der Waals surface area contributed by atoms with Crippen molar-refractivity contribution in [3.8, 4) is 11.5 Å².